The first-order valence-electron chi connectivity index (χ1n) is 9.25. The van der Waals surface area contributed by atoms with Crippen molar-refractivity contribution in [3.63, 3.8) is 0 Å². The van der Waals surface area contributed by atoms with Gasteiger partial charge in [-0.05, 0) is 43.0 Å². The average Bonchev–Trinajstić information content (AvgIpc) is 3.26. The second-order valence-corrected chi connectivity index (χ2v) is 9.02. The minimum absolute atomic E-state index is 0.127. The molecular formula is C18H22N6OS2. The monoisotopic (exact) mass is 402 g/mol. The number of carbonyl (C=O) groups excluding carboxylic acids is 1. The Morgan fingerprint density at radius 3 is 2.85 bits per heavy atom. The number of nitrogens with zero attached hydrogens (tertiary/aromatic N) is 5. The lowest BCUT2D eigenvalue weighted by molar-refractivity contribution is -0.113. The van der Waals surface area contributed by atoms with Crippen LogP contribution in [-0.4, -0.2) is 39.5 Å². The molecule has 7 nitrogen and oxygen atoms in total. The van der Waals surface area contributed by atoms with Crippen molar-refractivity contribution in [1.29, 1.82) is 5.26 Å². The highest BCUT2D eigenvalue weighted by molar-refractivity contribution is 7.99. The molecule has 0 aromatic carbocycles. The summed E-state index contributed by atoms with van der Waals surface area (Å²) < 4.78 is 2.22. The van der Waals surface area contributed by atoms with E-state index in [1.807, 2.05) is 0 Å². The molecule has 2 aromatic rings. The number of hydrogen-bond donors (Lipinski definition) is 1. The summed E-state index contributed by atoms with van der Waals surface area (Å²) in [5.41, 5.74) is 0.501. The summed E-state index contributed by atoms with van der Waals surface area (Å²) >= 11 is 2.78. The zero-order chi connectivity index (χ0) is 18.8. The van der Waals surface area contributed by atoms with E-state index in [0.29, 0.717) is 16.6 Å². The second-order valence-electron chi connectivity index (χ2n) is 7.17. The number of nitriles is 1. The first kappa shape index (κ1) is 18.3. The summed E-state index contributed by atoms with van der Waals surface area (Å²) in [6.45, 7) is 4.34. The predicted molar refractivity (Wildman–Crippen MR) is 107 cm³/mol. The van der Waals surface area contributed by atoms with Crippen molar-refractivity contribution in [2.75, 3.05) is 29.1 Å². The summed E-state index contributed by atoms with van der Waals surface area (Å²) in [4.78, 5) is 14.6. The van der Waals surface area contributed by atoms with E-state index in [1.54, 1.807) is 11.4 Å². The topological polar surface area (TPSA) is 86.8 Å². The highest BCUT2D eigenvalue weighted by Gasteiger charge is 2.32. The number of amides is 1. The van der Waals surface area contributed by atoms with Crippen LogP contribution in [0.25, 0.3) is 0 Å². The van der Waals surface area contributed by atoms with Gasteiger partial charge in [0.05, 0.1) is 11.3 Å². The van der Waals surface area contributed by atoms with E-state index in [-0.39, 0.29) is 11.7 Å². The SMILES string of the molecule is CC1CCN(c2nnc(SCC(=O)Nc3sccc3C#N)n2C2CC2)CC1. The fourth-order valence-electron chi connectivity index (χ4n) is 3.23. The molecule has 0 unspecified atom stereocenters. The molecule has 1 amide bonds. The van der Waals surface area contributed by atoms with Gasteiger partial charge in [0.2, 0.25) is 11.9 Å². The third-order valence-corrected chi connectivity index (χ3v) is 6.77. The Morgan fingerprint density at radius 1 is 1.37 bits per heavy atom. The molecule has 142 valence electrons. The van der Waals surface area contributed by atoms with Crippen molar-refractivity contribution >= 4 is 40.0 Å². The lowest BCUT2D eigenvalue weighted by Gasteiger charge is -2.31. The summed E-state index contributed by atoms with van der Waals surface area (Å²) in [5.74, 6) is 1.85. The number of piperidine rings is 1. The average molecular weight is 403 g/mol. The maximum absolute atomic E-state index is 12.3. The normalized spacial score (nSPS) is 17.7. The molecule has 1 aliphatic carbocycles. The molecular weight excluding hydrogens is 380 g/mol. The number of anilines is 2. The molecule has 0 radical (unpaired) electrons. The van der Waals surface area contributed by atoms with Crippen LogP contribution in [-0.2, 0) is 4.79 Å². The molecule has 1 saturated carbocycles. The predicted octanol–water partition coefficient (Wildman–Crippen LogP) is 3.51. The molecule has 2 fully saturated rings. The fourth-order valence-corrected chi connectivity index (χ4v) is 4.79. The molecule has 3 heterocycles. The van der Waals surface area contributed by atoms with Crippen molar-refractivity contribution in [3.8, 4) is 6.07 Å². The van der Waals surface area contributed by atoms with Crippen molar-refractivity contribution in [3.05, 3.63) is 17.0 Å². The Labute approximate surface area is 166 Å². The number of hydrogen-bond acceptors (Lipinski definition) is 7. The van der Waals surface area contributed by atoms with Gasteiger partial charge in [0.25, 0.3) is 0 Å². The summed E-state index contributed by atoms with van der Waals surface area (Å²) in [5, 5.41) is 23.9. The second kappa shape index (κ2) is 7.90. The van der Waals surface area contributed by atoms with Crippen LogP contribution in [0, 0.1) is 17.2 Å². The molecule has 1 N–H and O–H groups in total. The first-order chi connectivity index (χ1) is 13.2. The van der Waals surface area contributed by atoms with E-state index in [2.05, 4.69) is 38.0 Å². The zero-order valence-corrected chi connectivity index (χ0v) is 16.9. The quantitative estimate of drug-likeness (QED) is 0.744. The number of rotatable bonds is 6. The molecule has 2 aliphatic rings. The van der Waals surface area contributed by atoms with E-state index in [1.165, 1.54) is 35.9 Å². The Hall–Kier alpha value is -2.05. The van der Waals surface area contributed by atoms with Crippen LogP contribution in [0.4, 0.5) is 10.9 Å². The number of aromatic nitrogens is 3. The van der Waals surface area contributed by atoms with Crippen molar-refractivity contribution in [2.45, 2.75) is 43.8 Å². The van der Waals surface area contributed by atoms with E-state index >= 15 is 0 Å². The van der Waals surface area contributed by atoms with Crippen molar-refractivity contribution < 1.29 is 4.79 Å². The van der Waals surface area contributed by atoms with Crippen LogP contribution >= 0.6 is 23.1 Å². The van der Waals surface area contributed by atoms with Crippen LogP contribution in [0.2, 0.25) is 0 Å². The third-order valence-electron chi connectivity index (χ3n) is 5.00. The number of thioether (sulfide) groups is 1. The van der Waals surface area contributed by atoms with Crippen molar-refractivity contribution in [1.82, 2.24) is 14.8 Å². The van der Waals surface area contributed by atoms with Crippen LogP contribution in [0.15, 0.2) is 16.6 Å². The van der Waals surface area contributed by atoms with E-state index in [4.69, 9.17) is 5.26 Å². The van der Waals surface area contributed by atoms with E-state index in [9.17, 15) is 4.79 Å². The molecule has 27 heavy (non-hydrogen) atoms. The molecule has 9 heteroatoms. The summed E-state index contributed by atoms with van der Waals surface area (Å²) in [6.07, 6.45) is 4.67. The van der Waals surface area contributed by atoms with Gasteiger partial charge in [0.15, 0.2) is 5.16 Å². The largest absolute Gasteiger partial charge is 0.341 e. The van der Waals surface area contributed by atoms with Gasteiger partial charge in [0.1, 0.15) is 11.1 Å². The number of carbonyl (C=O) groups is 1. The van der Waals surface area contributed by atoms with E-state index < -0.39 is 0 Å². The van der Waals surface area contributed by atoms with Gasteiger partial charge < -0.3 is 10.2 Å². The lowest BCUT2D eigenvalue weighted by atomic mass is 10.00. The zero-order valence-electron chi connectivity index (χ0n) is 15.2. The minimum Gasteiger partial charge on any atom is -0.341 e. The van der Waals surface area contributed by atoms with Crippen molar-refractivity contribution in [2.24, 2.45) is 5.92 Å². The summed E-state index contributed by atoms with van der Waals surface area (Å²) in [6, 6.07) is 4.26. The van der Waals surface area contributed by atoms with Gasteiger partial charge in [-0.2, -0.15) is 5.26 Å². The van der Waals surface area contributed by atoms with Crippen LogP contribution in [0.1, 0.15) is 44.2 Å². The van der Waals surface area contributed by atoms with Crippen LogP contribution < -0.4 is 10.2 Å². The minimum atomic E-state index is -0.127. The highest BCUT2D eigenvalue weighted by Crippen LogP contribution is 2.41. The van der Waals surface area contributed by atoms with Gasteiger partial charge in [-0.25, -0.2) is 0 Å². The first-order valence-corrected chi connectivity index (χ1v) is 11.1. The smallest absolute Gasteiger partial charge is 0.235 e. The highest BCUT2D eigenvalue weighted by atomic mass is 32.2. The molecule has 1 saturated heterocycles. The molecule has 0 bridgehead atoms. The number of thiophene rings is 1. The van der Waals surface area contributed by atoms with Crippen LogP contribution in [0.5, 0.6) is 0 Å². The van der Waals surface area contributed by atoms with Gasteiger partial charge in [-0.15, -0.1) is 21.5 Å². The Balaban J connectivity index is 1.42. The molecule has 1 aliphatic heterocycles. The van der Waals surface area contributed by atoms with E-state index in [0.717, 1.165) is 43.0 Å². The Morgan fingerprint density at radius 2 is 2.15 bits per heavy atom. The third kappa shape index (κ3) is 4.12. The number of nitrogens with one attached hydrogen (secondary N) is 1. The van der Waals surface area contributed by atoms with Gasteiger partial charge >= 0.3 is 0 Å². The van der Waals surface area contributed by atoms with Gasteiger partial charge in [-0.1, -0.05) is 18.7 Å². The maximum Gasteiger partial charge on any atom is 0.235 e. The Bertz CT molecular complexity index is 858. The van der Waals surface area contributed by atoms with Crippen LogP contribution in [0.3, 0.4) is 0 Å². The molecule has 2 aromatic heterocycles. The lowest BCUT2D eigenvalue weighted by Crippen LogP contribution is -2.34. The van der Waals surface area contributed by atoms with Gasteiger partial charge in [0, 0.05) is 19.1 Å². The van der Waals surface area contributed by atoms with Gasteiger partial charge in [-0.3, -0.25) is 9.36 Å². The maximum atomic E-state index is 12.3. The molecule has 0 atom stereocenters. The molecule has 0 spiro atoms. The summed E-state index contributed by atoms with van der Waals surface area (Å²) in [7, 11) is 0. The molecule has 4 rings (SSSR count). The Kier molecular flexibility index (Phi) is 5.36. The standard InChI is InChI=1S/C18H22N6OS2/c1-12-4-7-23(8-5-12)17-21-22-18(24(17)14-2-3-14)27-11-15(25)20-16-13(10-19)6-9-26-16/h6,9,12,14H,2-5,7-8,11H2,1H3,(H,20,25). The fraction of sp³-hybridized carbons (Fsp3) is 0.556.